The van der Waals surface area contributed by atoms with Crippen molar-refractivity contribution in [3.8, 4) is 0 Å². The van der Waals surface area contributed by atoms with Gasteiger partial charge >= 0.3 is 0 Å². The monoisotopic (exact) mass is 224 g/mol. The van der Waals surface area contributed by atoms with E-state index in [2.05, 4.69) is 10.3 Å². The summed E-state index contributed by atoms with van der Waals surface area (Å²) in [5, 5.41) is 7.96. The Labute approximate surface area is 96.0 Å². The molecule has 2 rings (SSSR count). The van der Waals surface area contributed by atoms with Crippen molar-refractivity contribution in [2.24, 2.45) is 18.7 Å². The fourth-order valence-corrected chi connectivity index (χ4v) is 2.07. The summed E-state index contributed by atoms with van der Waals surface area (Å²) in [6, 6.07) is 0.0316. The van der Waals surface area contributed by atoms with E-state index in [4.69, 9.17) is 10.5 Å². The first kappa shape index (κ1) is 11.5. The van der Waals surface area contributed by atoms with E-state index in [0.717, 1.165) is 18.7 Å². The third-order valence-corrected chi connectivity index (χ3v) is 2.96. The number of aryl methyl sites for hydroxylation is 1. The third kappa shape index (κ3) is 2.80. The molecule has 0 bridgehead atoms. The fourth-order valence-electron chi connectivity index (χ4n) is 2.07. The van der Waals surface area contributed by atoms with Crippen LogP contribution in [0, 0.1) is 5.92 Å². The predicted octanol–water partition coefficient (Wildman–Crippen LogP) is 0.500. The number of nitrogens with two attached hydrogens (primary N) is 1. The molecule has 0 aromatic carbocycles. The van der Waals surface area contributed by atoms with Crippen LogP contribution in [0.15, 0.2) is 6.20 Å². The number of hydrogen-bond acceptors (Lipinski definition) is 4. The maximum absolute atomic E-state index is 6.18. The summed E-state index contributed by atoms with van der Waals surface area (Å²) in [6.07, 6.45) is 5.34. The zero-order valence-corrected chi connectivity index (χ0v) is 9.97. The molecule has 1 aliphatic rings. The number of hydrogen-bond donors (Lipinski definition) is 1. The molecule has 0 spiro atoms. The van der Waals surface area contributed by atoms with Crippen LogP contribution in [0.5, 0.6) is 0 Å². The Kier molecular flexibility index (Phi) is 3.56. The van der Waals surface area contributed by atoms with Crippen molar-refractivity contribution in [3.63, 3.8) is 0 Å². The van der Waals surface area contributed by atoms with Crippen LogP contribution in [0.2, 0.25) is 0 Å². The van der Waals surface area contributed by atoms with Crippen LogP contribution in [0.1, 0.15) is 25.5 Å². The molecule has 2 unspecified atom stereocenters. The summed E-state index contributed by atoms with van der Waals surface area (Å²) in [5.41, 5.74) is 7.13. The van der Waals surface area contributed by atoms with Gasteiger partial charge in [-0.2, -0.15) is 0 Å². The van der Waals surface area contributed by atoms with Crippen molar-refractivity contribution >= 4 is 0 Å². The van der Waals surface area contributed by atoms with Crippen molar-refractivity contribution in [2.75, 3.05) is 6.61 Å². The van der Waals surface area contributed by atoms with E-state index >= 15 is 0 Å². The van der Waals surface area contributed by atoms with Gasteiger partial charge in [0.25, 0.3) is 0 Å². The van der Waals surface area contributed by atoms with Crippen LogP contribution in [0.3, 0.4) is 0 Å². The van der Waals surface area contributed by atoms with Crippen molar-refractivity contribution in [3.05, 3.63) is 11.9 Å². The predicted molar refractivity (Wildman–Crippen MR) is 60.8 cm³/mol. The van der Waals surface area contributed by atoms with Gasteiger partial charge in [0.05, 0.1) is 11.8 Å². The molecule has 5 heteroatoms. The van der Waals surface area contributed by atoms with Crippen molar-refractivity contribution < 1.29 is 4.74 Å². The Morgan fingerprint density at radius 1 is 1.62 bits per heavy atom. The quantitative estimate of drug-likeness (QED) is 0.764. The van der Waals surface area contributed by atoms with Gasteiger partial charge < -0.3 is 10.5 Å². The van der Waals surface area contributed by atoms with E-state index in [1.165, 1.54) is 12.8 Å². The lowest BCUT2D eigenvalue weighted by atomic mass is 10.0. The van der Waals surface area contributed by atoms with Crippen LogP contribution in [0.25, 0.3) is 0 Å². The molecule has 0 aliphatic heterocycles. The Hall–Kier alpha value is -0.940. The van der Waals surface area contributed by atoms with Gasteiger partial charge in [0.2, 0.25) is 0 Å². The molecule has 5 nitrogen and oxygen atoms in total. The van der Waals surface area contributed by atoms with Crippen LogP contribution < -0.4 is 5.73 Å². The summed E-state index contributed by atoms with van der Waals surface area (Å²) in [7, 11) is 1.86. The van der Waals surface area contributed by atoms with Crippen molar-refractivity contribution in [1.29, 1.82) is 0 Å². The molecule has 1 fully saturated rings. The highest BCUT2D eigenvalue weighted by Gasteiger charge is 2.35. The largest absolute Gasteiger partial charge is 0.377 e. The van der Waals surface area contributed by atoms with Gasteiger partial charge in [0, 0.05) is 32.3 Å². The normalized spacial score (nSPS) is 19.7. The van der Waals surface area contributed by atoms with E-state index in [-0.39, 0.29) is 12.1 Å². The van der Waals surface area contributed by atoms with Crippen molar-refractivity contribution in [2.45, 2.75) is 38.3 Å². The summed E-state index contributed by atoms with van der Waals surface area (Å²) in [4.78, 5) is 0. The first-order chi connectivity index (χ1) is 7.70. The van der Waals surface area contributed by atoms with Gasteiger partial charge in [-0.25, -0.2) is 0 Å². The van der Waals surface area contributed by atoms with E-state index < -0.39 is 0 Å². The zero-order chi connectivity index (χ0) is 11.5. The molecule has 0 amide bonds. The molecular weight excluding hydrogens is 204 g/mol. The van der Waals surface area contributed by atoms with Gasteiger partial charge in [0.1, 0.15) is 0 Å². The number of rotatable bonds is 6. The second-order valence-electron chi connectivity index (χ2n) is 4.51. The minimum Gasteiger partial charge on any atom is -0.377 e. The lowest BCUT2D eigenvalue weighted by Crippen LogP contribution is -2.40. The fraction of sp³-hybridized carbons (Fsp3) is 0.818. The lowest BCUT2D eigenvalue weighted by Gasteiger charge is -2.22. The molecule has 1 aromatic heterocycles. The molecule has 1 saturated carbocycles. The average Bonchev–Trinajstić information content (AvgIpc) is 3.00. The summed E-state index contributed by atoms with van der Waals surface area (Å²) in [5.74, 6) is 0.659. The first-order valence-electron chi connectivity index (χ1n) is 5.93. The Morgan fingerprint density at radius 3 is 2.88 bits per heavy atom. The number of nitrogens with zero attached hydrogens (tertiary/aromatic N) is 3. The van der Waals surface area contributed by atoms with E-state index in [1.807, 2.05) is 20.2 Å². The first-order valence-corrected chi connectivity index (χ1v) is 5.93. The Morgan fingerprint density at radius 2 is 2.38 bits per heavy atom. The Balaban J connectivity index is 1.91. The highest BCUT2D eigenvalue weighted by atomic mass is 16.5. The molecule has 16 heavy (non-hydrogen) atoms. The van der Waals surface area contributed by atoms with E-state index in [0.29, 0.717) is 5.92 Å². The van der Waals surface area contributed by atoms with Crippen LogP contribution in [0.4, 0.5) is 0 Å². The van der Waals surface area contributed by atoms with Crippen molar-refractivity contribution in [1.82, 2.24) is 15.0 Å². The molecular formula is C11H20N4O. The van der Waals surface area contributed by atoms with E-state index in [9.17, 15) is 0 Å². The molecule has 0 saturated heterocycles. The smallest absolute Gasteiger partial charge is 0.0843 e. The zero-order valence-electron chi connectivity index (χ0n) is 9.97. The molecule has 2 N–H and O–H groups in total. The molecule has 0 radical (unpaired) electrons. The van der Waals surface area contributed by atoms with Gasteiger partial charge in [0.15, 0.2) is 0 Å². The molecule has 90 valence electrons. The maximum atomic E-state index is 6.18. The van der Waals surface area contributed by atoms with Crippen LogP contribution >= 0.6 is 0 Å². The van der Waals surface area contributed by atoms with Gasteiger partial charge in [-0.05, 0) is 25.7 Å². The third-order valence-electron chi connectivity index (χ3n) is 2.96. The summed E-state index contributed by atoms with van der Waals surface area (Å²) in [6.45, 7) is 2.75. The highest BCUT2D eigenvalue weighted by Crippen LogP contribution is 2.35. The second kappa shape index (κ2) is 4.93. The minimum atomic E-state index is 0.0316. The Bertz CT molecular complexity index is 334. The minimum absolute atomic E-state index is 0.0316. The second-order valence-corrected chi connectivity index (χ2v) is 4.51. The highest BCUT2D eigenvalue weighted by molar-refractivity contribution is 4.99. The topological polar surface area (TPSA) is 66.0 Å². The molecule has 1 aliphatic carbocycles. The van der Waals surface area contributed by atoms with E-state index in [1.54, 1.807) is 4.68 Å². The van der Waals surface area contributed by atoms with Crippen LogP contribution in [-0.4, -0.2) is 33.7 Å². The van der Waals surface area contributed by atoms with Gasteiger partial charge in [-0.15, -0.1) is 5.10 Å². The molecule has 1 heterocycles. The van der Waals surface area contributed by atoms with Gasteiger partial charge in [-0.1, -0.05) is 5.21 Å². The number of ether oxygens (including phenoxy) is 1. The summed E-state index contributed by atoms with van der Waals surface area (Å²) < 4.78 is 7.43. The van der Waals surface area contributed by atoms with Crippen LogP contribution in [-0.2, 0) is 18.2 Å². The lowest BCUT2D eigenvalue weighted by molar-refractivity contribution is 0.0286. The number of aromatic nitrogens is 3. The standard InChI is InChI=1S/C11H20N4O/c1-3-16-11(8-4-5-8)10(12)6-9-7-15(2)14-13-9/h7-8,10-11H,3-6,12H2,1-2H3. The molecule has 2 atom stereocenters. The maximum Gasteiger partial charge on any atom is 0.0843 e. The molecule has 1 aromatic rings. The summed E-state index contributed by atoms with van der Waals surface area (Å²) >= 11 is 0. The SMILES string of the molecule is CCOC(C(N)Cc1cn(C)nn1)C1CC1. The van der Waals surface area contributed by atoms with Gasteiger partial charge in [-0.3, -0.25) is 4.68 Å². The average molecular weight is 224 g/mol.